The highest BCUT2D eigenvalue weighted by atomic mass is 16.3. The van der Waals surface area contributed by atoms with E-state index < -0.39 is 0 Å². The molecular weight excluding hydrogens is 162 g/mol. The van der Waals surface area contributed by atoms with Crippen molar-refractivity contribution >= 4 is 0 Å². The zero-order chi connectivity index (χ0) is 9.68. The van der Waals surface area contributed by atoms with E-state index in [9.17, 15) is 0 Å². The molecule has 1 aromatic rings. The first-order chi connectivity index (χ1) is 6.22. The second-order valence-electron chi connectivity index (χ2n) is 3.82. The Bertz CT molecular complexity index is 216. The summed E-state index contributed by atoms with van der Waals surface area (Å²) in [5, 5.41) is 0. The normalized spacial score (nSPS) is 13.5. The summed E-state index contributed by atoms with van der Waals surface area (Å²) in [4.78, 5) is 2.23. The summed E-state index contributed by atoms with van der Waals surface area (Å²) in [6.07, 6.45) is 4.01. The molecule has 0 spiro atoms. The van der Waals surface area contributed by atoms with Crippen molar-refractivity contribution in [1.29, 1.82) is 0 Å². The van der Waals surface area contributed by atoms with Gasteiger partial charge >= 0.3 is 0 Å². The van der Waals surface area contributed by atoms with Crippen LogP contribution in [0.4, 0.5) is 0 Å². The Morgan fingerprint density at radius 2 is 2.23 bits per heavy atom. The van der Waals surface area contributed by atoms with Crippen LogP contribution < -0.4 is 0 Å². The fourth-order valence-electron chi connectivity index (χ4n) is 1.57. The lowest BCUT2D eigenvalue weighted by atomic mass is 10.0. The molecule has 0 aliphatic rings. The maximum absolute atomic E-state index is 5.33. The minimum absolute atomic E-state index is 0.709. The molecule has 0 aliphatic carbocycles. The minimum Gasteiger partial charge on any atom is -0.469 e. The molecule has 74 valence electrons. The Balaban J connectivity index is 2.40. The smallest absolute Gasteiger partial charge is 0.104 e. The summed E-state index contributed by atoms with van der Waals surface area (Å²) in [5.74, 6) is 1.81. The zero-order valence-electron chi connectivity index (χ0n) is 8.79. The van der Waals surface area contributed by atoms with Crippen LogP contribution in [0.2, 0.25) is 0 Å². The summed E-state index contributed by atoms with van der Waals surface area (Å²) in [6.45, 7) is 3.37. The monoisotopic (exact) mass is 181 g/mol. The number of hydrogen-bond acceptors (Lipinski definition) is 2. The van der Waals surface area contributed by atoms with Crippen LogP contribution in [-0.2, 0) is 6.42 Å². The largest absolute Gasteiger partial charge is 0.469 e. The summed E-state index contributed by atoms with van der Waals surface area (Å²) in [5.41, 5.74) is 0. The zero-order valence-corrected chi connectivity index (χ0v) is 8.79. The average Bonchev–Trinajstić information content (AvgIpc) is 2.55. The Hall–Kier alpha value is -0.760. The van der Waals surface area contributed by atoms with Crippen LogP contribution >= 0.6 is 0 Å². The van der Waals surface area contributed by atoms with Crippen molar-refractivity contribution in [1.82, 2.24) is 4.90 Å². The molecule has 2 heteroatoms. The molecule has 0 radical (unpaired) electrons. The lowest BCUT2D eigenvalue weighted by Gasteiger charge is -2.18. The van der Waals surface area contributed by atoms with Crippen molar-refractivity contribution in [3.63, 3.8) is 0 Å². The third-order valence-electron chi connectivity index (χ3n) is 2.27. The van der Waals surface area contributed by atoms with Gasteiger partial charge < -0.3 is 9.32 Å². The maximum Gasteiger partial charge on any atom is 0.104 e. The first-order valence-corrected chi connectivity index (χ1v) is 4.89. The lowest BCUT2D eigenvalue weighted by molar-refractivity contribution is 0.304. The molecule has 0 saturated carbocycles. The highest BCUT2D eigenvalue weighted by Gasteiger charge is 2.09. The summed E-state index contributed by atoms with van der Waals surface area (Å²) >= 11 is 0. The molecule has 1 atom stereocenters. The second kappa shape index (κ2) is 5.07. The van der Waals surface area contributed by atoms with Gasteiger partial charge in [-0.3, -0.25) is 0 Å². The quantitative estimate of drug-likeness (QED) is 0.693. The van der Waals surface area contributed by atoms with E-state index in [2.05, 4.69) is 32.0 Å². The third kappa shape index (κ3) is 3.64. The van der Waals surface area contributed by atoms with Gasteiger partial charge in [-0.1, -0.05) is 13.3 Å². The van der Waals surface area contributed by atoms with Gasteiger partial charge in [-0.2, -0.15) is 0 Å². The van der Waals surface area contributed by atoms with Gasteiger partial charge in [0.15, 0.2) is 0 Å². The Morgan fingerprint density at radius 1 is 1.46 bits per heavy atom. The van der Waals surface area contributed by atoms with Crippen molar-refractivity contribution in [2.75, 3.05) is 20.6 Å². The van der Waals surface area contributed by atoms with Gasteiger partial charge in [0.1, 0.15) is 5.76 Å². The first kappa shape index (κ1) is 10.3. The van der Waals surface area contributed by atoms with Gasteiger partial charge in [0.05, 0.1) is 6.26 Å². The minimum atomic E-state index is 0.709. The molecule has 0 aromatic carbocycles. The predicted octanol–water partition coefficient (Wildman–Crippen LogP) is 2.41. The Labute approximate surface area is 80.5 Å². The molecule has 0 N–H and O–H groups in total. The molecule has 0 bridgehead atoms. The van der Waals surface area contributed by atoms with Gasteiger partial charge in [-0.15, -0.1) is 0 Å². The number of rotatable bonds is 5. The van der Waals surface area contributed by atoms with E-state index in [4.69, 9.17) is 4.42 Å². The maximum atomic E-state index is 5.33. The van der Waals surface area contributed by atoms with Gasteiger partial charge in [0.2, 0.25) is 0 Å². The lowest BCUT2D eigenvalue weighted by Crippen LogP contribution is -2.22. The van der Waals surface area contributed by atoms with Crippen LogP contribution in [0.5, 0.6) is 0 Å². The molecule has 1 unspecified atom stereocenters. The van der Waals surface area contributed by atoms with Crippen molar-refractivity contribution in [3.05, 3.63) is 24.2 Å². The van der Waals surface area contributed by atoms with E-state index in [0.29, 0.717) is 5.92 Å². The molecule has 1 rings (SSSR count). The summed E-state index contributed by atoms with van der Waals surface area (Å²) < 4.78 is 5.33. The summed E-state index contributed by atoms with van der Waals surface area (Å²) in [6, 6.07) is 4.01. The van der Waals surface area contributed by atoms with E-state index in [1.165, 1.54) is 6.42 Å². The first-order valence-electron chi connectivity index (χ1n) is 4.89. The van der Waals surface area contributed by atoms with Crippen LogP contribution in [0.3, 0.4) is 0 Å². The van der Waals surface area contributed by atoms with Gasteiger partial charge in [-0.05, 0) is 32.1 Å². The van der Waals surface area contributed by atoms with Crippen LogP contribution in [0.1, 0.15) is 19.1 Å². The molecule has 2 nitrogen and oxygen atoms in total. The fraction of sp³-hybridized carbons (Fsp3) is 0.636. The van der Waals surface area contributed by atoms with E-state index >= 15 is 0 Å². The molecule has 0 saturated heterocycles. The molecule has 0 fully saturated rings. The number of furan rings is 1. The molecular formula is C11H19NO. The van der Waals surface area contributed by atoms with Crippen LogP contribution in [0.25, 0.3) is 0 Å². The van der Waals surface area contributed by atoms with Crippen molar-refractivity contribution in [2.45, 2.75) is 19.8 Å². The fourth-order valence-corrected chi connectivity index (χ4v) is 1.57. The molecule has 1 aromatic heterocycles. The second-order valence-corrected chi connectivity index (χ2v) is 3.82. The van der Waals surface area contributed by atoms with E-state index in [0.717, 1.165) is 18.7 Å². The predicted molar refractivity (Wildman–Crippen MR) is 54.7 cm³/mol. The number of hydrogen-bond donors (Lipinski definition) is 0. The number of nitrogens with zero attached hydrogens (tertiary/aromatic N) is 1. The standard InChI is InChI=1S/C11H19NO/c1-4-10(9-12(2)3)8-11-6-5-7-13-11/h5-7,10H,4,8-9H2,1-3H3. The topological polar surface area (TPSA) is 16.4 Å². The molecule has 13 heavy (non-hydrogen) atoms. The molecule has 1 heterocycles. The van der Waals surface area contributed by atoms with Gasteiger partial charge in [0.25, 0.3) is 0 Å². The van der Waals surface area contributed by atoms with Crippen molar-refractivity contribution in [2.24, 2.45) is 5.92 Å². The third-order valence-corrected chi connectivity index (χ3v) is 2.27. The summed E-state index contributed by atoms with van der Waals surface area (Å²) in [7, 11) is 4.23. The molecule has 0 aliphatic heterocycles. The molecule has 0 amide bonds. The van der Waals surface area contributed by atoms with Gasteiger partial charge in [0, 0.05) is 13.0 Å². The van der Waals surface area contributed by atoms with Crippen molar-refractivity contribution < 1.29 is 4.42 Å². The Morgan fingerprint density at radius 3 is 2.69 bits per heavy atom. The van der Waals surface area contributed by atoms with E-state index in [-0.39, 0.29) is 0 Å². The van der Waals surface area contributed by atoms with Gasteiger partial charge in [-0.25, -0.2) is 0 Å². The van der Waals surface area contributed by atoms with Crippen LogP contribution in [0.15, 0.2) is 22.8 Å². The average molecular weight is 181 g/mol. The van der Waals surface area contributed by atoms with Crippen LogP contribution in [-0.4, -0.2) is 25.5 Å². The van der Waals surface area contributed by atoms with E-state index in [1.807, 2.05) is 6.07 Å². The van der Waals surface area contributed by atoms with Crippen molar-refractivity contribution in [3.8, 4) is 0 Å². The Kier molecular flexibility index (Phi) is 4.03. The van der Waals surface area contributed by atoms with Crippen LogP contribution in [0, 0.1) is 5.92 Å². The highest BCUT2D eigenvalue weighted by molar-refractivity contribution is 4.99. The SMILES string of the molecule is CCC(Cc1ccco1)CN(C)C. The van der Waals surface area contributed by atoms with E-state index in [1.54, 1.807) is 6.26 Å². The highest BCUT2D eigenvalue weighted by Crippen LogP contribution is 2.13.